The summed E-state index contributed by atoms with van der Waals surface area (Å²) in [6.07, 6.45) is 1.53. The van der Waals surface area contributed by atoms with Crippen LogP contribution in [-0.2, 0) is 4.74 Å². The average Bonchev–Trinajstić information content (AvgIpc) is 2.68. The molecule has 0 saturated carbocycles. The molecule has 0 atom stereocenters. The van der Waals surface area contributed by atoms with Gasteiger partial charge in [0.25, 0.3) is 0 Å². The monoisotopic (exact) mass is 403 g/mol. The third-order valence-corrected chi connectivity index (χ3v) is 4.88. The molecule has 0 radical (unpaired) electrons. The van der Waals surface area contributed by atoms with Crippen LogP contribution in [0.1, 0.15) is 0 Å². The Labute approximate surface area is 165 Å². The van der Waals surface area contributed by atoms with Gasteiger partial charge < -0.3 is 24.8 Å². The molecule has 0 amide bonds. The van der Waals surface area contributed by atoms with E-state index in [4.69, 9.17) is 19.9 Å². The second-order valence-corrected chi connectivity index (χ2v) is 6.54. The zero-order chi connectivity index (χ0) is 20.7. The van der Waals surface area contributed by atoms with Crippen LogP contribution in [0.5, 0.6) is 11.5 Å². The van der Waals surface area contributed by atoms with Crippen LogP contribution in [0.2, 0.25) is 0 Å². The van der Waals surface area contributed by atoms with Crippen molar-refractivity contribution in [1.82, 2.24) is 15.0 Å². The molecule has 0 bridgehead atoms. The van der Waals surface area contributed by atoms with Gasteiger partial charge in [0, 0.05) is 37.8 Å². The first-order valence-electron chi connectivity index (χ1n) is 8.78. The van der Waals surface area contributed by atoms with Gasteiger partial charge >= 0.3 is 0 Å². The van der Waals surface area contributed by atoms with E-state index in [1.165, 1.54) is 26.5 Å². The molecule has 2 aromatic heterocycles. The van der Waals surface area contributed by atoms with Crippen molar-refractivity contribution in [3.05, 3.63) is 30.0 Å². The van der Waals surface area contributed by atoms with Crippen LogP contribution >= 0.6 is 0 Å². The van der Waals surface area contributed by atoms with Crippen LogP contribution < -0.4 is 20.1 Å². The van der Waals surface area contributed by atoms with Crippen LogP contribution in [0.25, 0.3) is 22.2 Å². The molecule has 1 aromatic carbocycles. The Kier molecular flexibility index (Phi) is 4.79. The van der Waals surface area contributed by atoms with Crippen LogP contribution in [0, 0.1) is 11.6 Å². The predicted octanol–water partition coefficient (Wildman–Crippen LogP) is 2.40. The highest BCUT2D eigenvalue weighted by atomic mass is 19.1. The van der Waals surface area contributed by atoms with Crippen LogP contribution in [0.4, 0.5) is 20.5 Å². The summed E-state index contributed by atoms with van der Waals surface area (Å²) in [7, 11) is 4.21. The number of nitrogens with zero attached hydrogens (tertiary/aromatic N) is 4. The molecule has 3 aromatic rings. The molecular weight excluding hydrogens is 384 g/mol. The van der Waals surface area contributed by atoms with Crippen molar-refractivity contribution in [3.63, 3.8) is 0 Å². The third-order valence-electron chi connectivity index (χ3n) is 4.88. The minimum Gasteiger partial charge on any atom is -0.494 e. The summed E-state index contributed by atoms with van der Waals surface area (Å²) in [5, 5.41) is 0.542. The van der Waals surface area contributed by atoms with E-state index in [1.807, 2.05) is 4.90 Å². The van der Waals surface area contributed by atoms with E-state index in [-0.39, 0.29) is 34.8 Å². The standard InChI is InChI=1S/C19H19F2N5O3/c1-27-10-7-26(8-10)18-17-9(6-23-19(22)25-17)4-11(24-18)14-15(20)12(28-2)5-13(29-3)16(14)21/h4-6,10H,7-8H2,1-3H3,(H2,22,23,25). The molecule has 0 aliphatic carbocycles. The van der Waals surface area contributed by atoms with Crippen LogP contribution in [0.3, 0.4) is 0 Å². The van der Waals surface area contributed by atoms with E-state index in [9.17, 15) is 8.78 Å². The number of pyridine rings is 1. The van der Waals surface area contributed by atoms with Gasteiger partial charge in [-0.2, -0.15) is 0 Å². The van der Waals surface area contributed by atoms with Gasteiger partial charge in [0.15, 0.2) is 29.0 Å². The van der Waals surface area contributed by atoms with Crippen molar-refractivity contribution >= 4 is 22.7 Å². The van der Waals surface area contributed by atoms with E-state index in [0.29, 0.717) is 29.8 Å². The van der Waals surface area contributed by atoms with Gasteiger partial charge in [0.05, 0.1) is 31.6 Å². The number of hydrogen-bond acceptors (Lipinski definition) is 8. The maximum absolute atomic E-state index is 15.0. The van der Waals surface area contributed by atoms with E-state index >= 15 is 0 Å². The maximum Gasteiger partial charge on any atom is 0.220 e. The Morgan fingerprint density at radius 1 is 1.03 bits per heavy atom. The summed E-state index contributed by atoms with van der Waals surface area (Å²) in [5.41, 5.74) is 5.93. The fourth-order valence-electron chi connectivity index (χ4n) is 3.26. The molecule has 0 unspecified atom stereocenters. The van der Waals surface area contributed by atoms with E-state index < -0.39 is 11.6 Å². The number of hydrogen-bond donors (Lipinski definition) is 1. The van der Waals surface area contributed by atoms with Gasteiger partial charge in [-0.1, -0.05) is 0 Å². The Morgan fingerprint density at radius 3 is 2.28 bits per heavy atom. The fraction of sp³-hybridized carbons (Fsp3) is 0.316. The number of fused-ring (bicyclic) bond motifs is 1. The summed E-state index contributed by atoms with van der Waals surface area (Å²) in [4.78, 5) is 14.7. The van der Waals surface area contributed by atoms with Gasteiger partial charge in [-0.3, -0.25) is 0 Å². The molecule has 1 aliphatic heterocycles. The Balaban J connectivity index is 1.95. The van der Waals surface area contributed by atoms with Crippen molar-refractivity contribution < 1.29 is 23.0 Å². The van der Waals surface area contributed by atoms with Crippen molar-refractivity contribution in [2.75, 3.05) is 45.1 Å². The summed E-state index contributed by atoms with van der Waals surface area (Å²) in [5.74, 6) is -1.54. The van der Waals surface area contributed by atoms with Gasteiger partial charge in [-0.05, 0) is 6.07 Å². The van der Waals surface area contributed by atoms with Crippen molar-refractivity contribution in [1.29, 1.82) is 0 Å². The number of rotatable bonds is 5. The number of anilines is 2. The second-order valence-electron chi connectivity index (χ2n) is 6.54. The zero-order valence-electron chi connectivity index (χ0n) is 16.1. The van der Waals surface area contributed by atoms with Crippen molar-refractivity contribution in [2.24, 2.45) is 0 Å². The lowest BCUT2D eigenvalue weighted by molar-refractivity contribution is 0.0785. The van der Waals surface area contributed by atoms with E-state index in [0.717, 1.165) is 6.07 Å². The lowest BCUT2D eigenvalue weighted by Gasteiger charge is -2.39. The SMILES string of the molecule is COc1cc(OC)c(F)c(-c2cc3cnc(N)nc3c(N3CC(OC)C3)n2)c1F. The maximum atomic E-state index is 15.0. The Morgan fingerprint density at radius 2 is 1.69 bits per heavy atom. The highest BCUT2D eigenvalue weighted by molar-refractivity contribution is 5.92. The topological polar surface area (TPSA) is 95.6 Å². The molecule has 29 heavy (non-hydrogen) atoms. The predicted molar refractivity (Wildman–Crippen MR) is 103 cm³/mol. The molecule has 10 heteroatoms. The number of aromatic nitrogens is 3. The van der Waals surface area contributed by atoms with Gasteiger partial charge in [0.1, 0.15) is 5.52 Å². The van der Waals surface area contributed by atoms with Gasteiger partial charge in [0.2, 0.25) is 5.95 Å². The Hall–Kier alpha value is -3.27. The molecule has 1 saturated heterocycles. The molecule has 1 aliphatic rings. The minimum absolute atomic E-state index is 0.0417. The number of nitrogen functional groups attached to an aromatic ring is 1. The summed E-state index contributed by atoms with van der Waals surface area (Å²) in [6.45, 7) is 1.14. The molecule has 8 nitrogen and oxygen atoms in total. The summed E-state index contributed by atoms with van der Waals surface area (Å²) >= 11 is 0. The van der Waals surface area contributed by atoms with Crippen LogP contribution in [-0.4, -0.2) is 55.5 Å². The number of ether oxygens (including phenoxy) is 3. The smallest absolute Gasteiger partial charge is 0.220 e. The number of methoxy groups -OCH3 is 3. The number of nitrogens with two attached hydrogens (primary N) is 1. The first kappa shape index (κ1) is 19.1. The highest BCUT2D eigenvalue weighted by Gasteiger charge is 2.31. The van der Waals surface area contributed by atoms with Crippen LogP contribution in [0.15, 0.2) is 18.3 Å². The van der Waals surface area contributed by atoms with Gasteiger partial charge in [-0.25, -0.2) is 23.7 Å². The fourth-order valence-corrected chi connectivity index (χ4v) is 3.26. The lowest BCUT2D eigenvalue weighted by atomic mass is 10.1. The van der Waals surface area contributed by atoms with E-state index in [1.54, 1.807) is 7.11 Å². The van der Waals surface area contributed by atoms with Crippen molar-refractivity contribution in [3.8, 4) is 22.8 Å². The second kappa shape index (κ2) is 7.28. The number of benzene rings is 1. The average molecular weight is 403 g/mol. The normalized spacial score (nSPS) is 14.2. The first-order chi connectivity index (χ1) is 14.0. The minimum atomic E-state index is -0.877. The van der Waals surface area contributed by atoms with E-state index in [2.05, 4.69) is 15.0 Å². The van der Waals surface area contributed by atoms with Gasteiger partial charge in [-0.15, -0.1) is 0 Å². The summed E-state index contributed by atoms with van der Waals surface area (Å²) in [6, 6.07) is 2.66. The molecule has 0 spiro atoms. The lowest BCUT2D eigenvalue weighted by Crippen LogP contribution is -2.52. The molecule has 3 heterocycles. The first-order valence-corrected chi connectivity index (χ1v) is 8.78. The molecule has 152 valence electrons. The molecular formula is C19H19F2N5O3. The molecule has 2 N–H and O–H groups in total. The quantitative estimate of drug-likeness (QED) is 0.694. The number of halogens is 2. The Bertz CT molecular complexity index is 1060. The zero-order valence-corrected chi connectivity index (χ0v) is 16.1. The third kappa shape index (κ3) is 3.15. The largest absolute Gasteiger partial charge is 0.494 e. The molecule has 1 fully saturated rings. The summed E-state index contributed by atoms with van der Waals surface area (Å²) < 4.78 is 45.4. The highest BCUT2D eigenvalue weighted by Crippen LogP contribution is 2.39. The molecule has 4 rings (SSSR count). The van der Waals surface area contributed by atoms with Crippen molar-refractivity contribution in [2.45, 2.75) is 6.10 Å².